The summed E-state index contributed by atoms with van der Waals surface area (Å²) in [7, 11) is 0. The van der Waals surface area contributed by atoms with Gasteiger partial charge in [0, 0.05) is 24.4 Å². The maximum absolute atomic E-state index is 10.8. The topological polar surface area (TPSA) is 17.1 Å². The fourth-order valence-electron chi connectivity index (χ4n) is 1.44. The van der Waals surface area contributed by atoms with Gasteiger partial charge in [-0.3, -0.25) is 4.79 Å². The van der Waals surface area contributed by atoms with Gasteiger partial charge in [-0.2, -0.15) is 0 Å². The van der Waals surface area contributed by atoms with E-state index in [-0.39, 0.29) is 0 Å². The minimum Gasteiger partial charge on any atom is -0.298 e. The minimum absolute atomic E-state index is 0.654. The maximum atomic E-state index is 10.8. The van der Waals surface area contributed by atoms with Crippen molar-refractivity contribution in [2.45, 2.75) is 0 Å². The van der Waals surface area contributed by atoms with Crippen LogP contribution < -0.4 is 0 Å². The van der Waals surface area contributed by atoms with Crippen molar-refractivity contribution in [3.8, 4) is 0 Å². The van der Waals surface area contributed by atoms with E-state index in [9.17, 15) is 4.79 Å². The first-order valence-corrected chi connectivity index (χ1v) is 6.54. The average Bonchev–Trinajstić information content (AvgIpc) is 2.23. The molecule has 0 heterocycles. The van der Waals surface area contributed by atoms with Crippen LogP contribution in [-0.2, 0) is 0 Å². The largest absolute Gasteiger partial charge is 0.298 e. The van der Waals surface area contributed by atoms with E-state index in [2.05, 4.69) is 47.8 Å². The molecule has 2 aromatic carbocycles. The normalized spacial score (nSPS) is 10.6. The van der Waals surface area contributed by atoms with Crippen molar-refractivity contribution in [1.82, 2.24) is 0 Å². The molecule has 0 aromatic heterocycles. The van der Waals surface area contributed by atoms with Crippen LogP contribution >= 0.6 is 47.8 Å². The van der Waals surface area contributed by atoms with Crippen LogP contribution in [-0.4, -0.2) is 6.29 Å². The highest BCUT2D eigenvalue weighted by molar-refractivity contribution is 9.11. The lowest BCUT2D eigenvalue weighted by atomic mass is 10.1. The molecule has 4 heteroatoms. The predicted molar refractivity (Wildman–Crippen MR) is 72.4 cm³/mol. The third-order valence-corrected chi connectivity index (χ3v) is 4.38. The molecule has 0 aliphatic rings. The lowest BCUT2D eigenvalue weighted by molar-refractivity contribution is 0.112. The molecule has 0 saturated carbocycles. The van der Waals surface area contributed by atoms with Crippen LogP contribution in [0.4, 0.5) is 0 Å². The summed E-state index contributed by atoms with van der Waals surface area (Å²) >= 11 is 10.4. The van der Waals surface area contributed by atoms with Crippen LogP contribution in [0.25, 0.3) is 10.8 Å². The number of aldehydes is 1. The molecule has 15 heavy (non-hydrogen) atoms. The first-order valence-electron chi connectivity index (χ1n) is 4.16. The Bertz CT molecular complexity index is 549. The predicted octanol–water partition coefficient (Wildman–Crippen LogP) is 4.94. The van der Waals surface area contributed by atoms with Crippen molar-refractivity contribution in [2.24, 2.45) is 0 Å². The maximum Gasteiger partial charge on any atom is 0.151 e. The summed E-state index contributed by atoms with van der Waals surface area (Å²) in [5.74, 6) is 0. The number of fused-ring (bicyclic) bond motifs is 1. The van der Waals surface area contributed by atoms with E-state index in [4.69, 9.17) is 0 Å². The molecule has 0 N–H and O–H groups in total. The van der Waals surface area contributed by atoms with Gasteiger partial charge in [-0.05, 0) is 39.5 Å². The quantitative estimate of drug-likeness (QED) is 0.628. The Kier molecular flexibility index (Phi) is 3.28. The van der Waals surface area contributed by atoms with Gasteiger partial charge in [0.1, 0.15) is 0 Å². The Labute approximate surface area is 112 Å². The lowest BCUT2D eigenvalue weighted by Crippen LogP contribution is -1.86. The van der Waals surface area contributed by atoms with Crippen molar-refractivity contribution < 1.29 is 4.79 Å². The summed E-state index contributed by atoms with van der Waals surface area (Å²) in [6, 6.07) is 7.65. The highest BCUT2D eigenvalue weighted by atomic mass is 79.9. The second-order valence-electron chi connectivity index (χ2n) is 3.04. The number of hydrogen-bond acceptors (Lipinski definition) is 1. The molecular weight excluding hydrogens is 388 g/mol. The average molecular weight is 393 g/mol. The summed E-state index contributed by atoms with van der Waals surface area (Å²) in [4.78, 5) is 10.8. The summed E-state index contributed by atoms with van der Waals surface area (Å²) in [6.45, 7) is 0. The van der Waals surface area contributed by atoms with Crippen molar-refractivity contribution in [3.63, 3.8) is 0 Å². The Hall–Kier alpha value is -0.190. The molecule has 76 valence electrons. The molecule has 0 aliphatic heterocycles. The lowest BCUT2D eigenvalue weighted by Gasteiger charge is -2.07. The number of halogens is 3. The molecule has 0 atom stereocenters. The summed E-state index contributed by atoms with van der Waals surface area (Å²) in [6.07, 6.45) is 0.844. The summed E-state index contributed by atoms with van der Waals surface area (Å²) < 4.78 is 2.80. The zero-order chi connectivity index (χ0) is 11.0. The smallest absolute Gasteiger partial charge is 0.151 e. The Balaban J connectivity index is 2.98. The first kappa shape index (κ1) is 11.3. The number of rotatable bonds is 1. The molecule has 0 bridgehead atoms. The standard InChI is InChI=1S/C11H5Br3O/c12-8-3-4-9(13)10-7(8)2-1-6(5-15)11(10)14/h1-5H. The molecule has 0 spiro atoms. The van der Waals surface area contributed by atoms with Crippen molar-refractivity contribution in [2.75, 3.05) is 0 Å². The second-order valence-corrected chi connectivity index (χ2v) is 5.54. The number of carbonyl (C=O) groups is 1. The molecule has 0 fully saturated rings. The van der Waals surface area contributed by atoms with Gasteiger partial charge in [-0.25, -0.2) is 0 Å². The van der Waals surface area contributed by atoms with Crippen LogP contribution in [0.3, 0.4) is 0 Å². The second kappa shape index (κ2) is 4.36. The van der Waals surface area contributed by atoms with Gasteiger partial charge in [0.15, 0.2) is 6.29 Å². The molecule has 2 aromatic rings. The van der Waals surface area contributed by atoms with Crippen molar-refractivity contribution in [1.29, 1.82) is 0 Å². The van der Waals surface area contributed by atoms with Gasteiger partial charge in [0.05, 0.1) is 0 Å². The fraction of sp³-hybridized carbons (Fsp3) is 0. The summed E-state index contributed by atoms with van der Waals surface area (Å²) in [5.41, 5.74) is 0.654. The molecule has 0 radical (unpaired) electrons. The third-order valence-electron chi connectivity index (χ3n) is 2.17. The van der Waals surface area contributed by atoms with Gasteiger partial charge < -0.3 is 0 Å². The van der Waals surface area contributed by atoms with E-state index in [1.165, 1.54) is 0 Å². The Morgan fingerprint density at radius 3 is 2.27 bits per heavy atom. The summed E-state index contributed by atoms with van der Waals surface area (Å²) in [5, 5.41) is 2.08. The van der Waals surface area contributed by atoms with Crippen LogP contribution in [0.2, 0.25) is 0 Å². The molecule has 0 aliphatic carbocycles. The molecular formula is C11H5Br3O. The van der Waals surface area contributed by atoms with E-state index in [1.807, 2.05) is 18.2 Å². The van der Waals surface area contributed by atoms with E-state index in [0.717, 1.165) is 30.5 Å². The molecule has 2 rings (SSSR count). The SMILES string of the molecule is O=Cc1ccc2c(Br)ccc(Br)c2c1Br. The fourth-order valence-corrected chi connectivity index (χ4v) is 3.36. The van der Waals surface area contributed by atoms with Gasteiger partial charge >= 0.3 is 0 Å². The Morgan fingerprint density at radius 1 is 0.933 bits per heavy atom. The Morgan fingerprint density at radius 2 is 1.60 bits per heavy atom. The number of benzene rings is 2. The van der Waals surface area contributed by atoms with Gasteiger partial charge in [0.25, 0.3) is 0 Å². The van der Waals surface area contributed by atoms with E-state index in [1.54, 1.807) is 6.07 Å². The highest BCUT2D eigenvalue weighted by Gasteiger charge is 2.09. The van der Waals surface area contributed by atoms with Crippen LogP contribution in [0.15, 0.2) is 37.7 Å². The van der Waals surface area contributed by atoms with E-state index < -0.39 is 0 Å². The molecule has 1 nitrogen and oxygen atoms in total. The minimum atomic E-state index is 0.654. The highest BCUT2D eigenvalue weighted by Crippen LogP contribution is 2.36. The van der Waals surface area contributed by atoms with Gasteiger partial charge in [-0.15, -0.1) is 0 Å². The van der Waals surface area contributed by atoms with Crippen LogP contribution in [0.1, 0.15) is 10.4 Å². The molecule has 0 saturated heterocycles. The van der Waals surface area contributed by atoms with Crippen LogP contribution in [0.5, 0.6) is 0 Å². The van der Waals surface area contributed by atoms with Crippen LogP contribution in [0, 0.1) is 0 Å². The van der Waals surface area contributed by atoms with Crippen molar-refractivity contribution in [3.05, 3.63) is 43.2 Å². The zero-order valence-corrected chi connectivity index (χ0v) is 12.2. The molecule has 0 amide bonds. The third kappa shape index (κ3) is 1.90. The van der Waals surface area contributed by atoms with Gasteiger partial charge in [-0.1, -0.05) is 37.9 Å². The van der Waals surface area contributed by atoms with E-state index in [0.29, 0.717) is 5.56 Å². The number of hydrogen-bond donors (Lipinski definition) is 0. The van der Waals surface area contributed by atoms with E-state index >= 15 is 0 Å². The first-order chi connectivity index (χ1) is 7.15. The zero-order valence-electron chi connectivity index (χ0n) is 7.43. The van der Waals surface area contributed by atoms with Crippen molar-refractivity contribution >= 4 is 64.8 Å². The van der Waals surface area contributed by atoms with Gasteiger partial charge in [0.2, 0.25) is 0 Å². The monoisotopic (exact) mass is 390 g/mol. The number of carbonyl (C=O) groups excluding carboxylic acids is 1. The molecule has 0 unspecified atom stereocenters.